The average Bonchev–Trinajstić information content (AvgIpc) is 2.98. The zero-order chi connectivity index (χ0) is 14.7. The van der Waals surface area contributed by atoms with Crippen molar-refractivity contribution in [1.82, 2.24) is 14.7 Å². The number of hydrogen-bond donors (Lipinski definition) is 0. The average molecular weight is 289 g/mol. The lowest BCUT2D eigenvalue weighted by atomic mass is 10.2. The van der Waals surface area contributed by atoms with Crippen LogP contribution in [-0.4, -0.2) is 40.5 Å². The Bertz CT molecular complexity index is 472. The molecule has 21 heavy (non-hydrogen) atoms. The van der Waals surface area contributed by atoms with Gasteiger partial charge in [0, 0.05) is 38.0 Å². The number of aromatic nitrogens is 2. The summed E-state index contributed by atoms with van der Waals surface area (Å²) in [5, 5.41) is 4.57. The van der Waals surface area contributed by atoms with Crippen molar-refractivity contribution in [3.05, 3.63) is 30.1 Å². The van der Waals surface area contributed by atoms with E-state index in [2.05, 4.69) is 29.7 Å². The van der Waals surface area contributed by atoms with Gasteiger partial charge < -0.3 is 4.74 Å². The van der Waals surface area contributed by atoms with E-state index < -0.39 is 0 Å². The smallest absolute Gasteiger partial charge is 0.0702 e. The third-order valence-electron chi connectivity index (χ3n) is 4.46. The number of nitrogens with zero attached hydrogens (tertiary/aromatic N) is 3. The van der Waals surface area contributed by atoms with Gasteiger partial charge in [-0.1, -0.05) is 6.08 Å². The molecule has 0 N–H and O–H groups in total. The molecule has 2 heterocycles. The number of allylic oxidation sites excluding steroid dienone is 1. The first-order chi connectivity index (χ1) is 10.2. The normalized spacial score (nSPS) is 22.1. The second kappa shape index (κ2) is 6.75. The number of ether oxygens (including phenoxy) is 1. The summed E-state index contributed by atoms with van der Waals surface area (Å²) in [4.78, 5) is 2.58. The monoisotopic (exact) mass is 289 g/mol. The predicted molar refractivity (Wildman–Crippen MR) is 84.1 cm³/mol. The highest BCUT2D eigenvalue weighted by molar-refractivity contribution is 5.15. The summed E-state index contributed by atoms with van der Waals surface area (Å²) in [5.41, 5.74) is 2.49. The third kappa shape index (κ3) is 4.17. The zero-order valence-electron chi connectivity index (χ0n) is 13.1. The molecule has 1 saturated heterocycles. The molecule has 2 fully saturated rings. The van der Waals surface area contributed by atoms with E-state index in [-0.39, 0.29) is 0 Å². The van der Waals surface area contributed by atoms with E-state index in [0.29, 0.717) is 6.10 Å². The van der Waals surface area contributed by atoms with Crippen molar-refractivity contribution in [2.45, 2.75) is 51.8 Å². The van der Waals surface area contributed by atoms with Gasteiger partial charge in [-0.25, -0.2) is 0 Å². The number of hydrogen-bond acceptors (Lipinski definition) is 3. The molecule has 1 aliphatic heterocycles. The summed E-state index contributed by atoms with van der Waals surface area (Å²) in [6.07, 6.45) is 9.74. The van der Waals surface area contributed by atoms with Crippen molar-refractivity contribution in [1.29, 1.82) is 0 Å². The van der Waals surface area contributed by atoms with E-state index in [0.717, 1.165) is 37.9 Å². The molecule has 0 radical (unpaired) electrons. The first kappa shape index (κ1) is 14.8. The fraction of sp³-hybridized carbons (Fsp3) is 0.706. The van der Waals surface area contributed by atoms with Crippen LogP contribution in [0.3, 0.4) is 0 Å². The van der Waals surface area contributed by atoms with E-state index in [9.17, 15) is 0 Å². The van der Waals surface area contributed by atoms with Crippen molar-refractivity contribution in [2.24, 2.45) is 5.92 Å². The van der Waals surface area contributed by atoms with Gasteiger partial charge in [0.15, 0.2) is 0 Å². The molecular weight excluding hydrogens is 262 g/mol. The molecule has 1 aromatic rings. The quantitative estimate of drug-likeness (QED) is 0.689. The van der Waals surface area contributed by atoms with Crippen molar-refractivity contribution in [3.63, 3.8) is 0 Å². The summed E-state index contributed by atoms with van der Waals surface area (Å²) in [6.45, 7) is 10.9. The summed E-state index contributed by atoms with van der Waals surface area (Å²) >= 11 is 0. The van der Waals surface area contributed by atoms with Crippen molar-refractivity contribution >= 4 is 0 Å². The molecular formula is C17H27N3O. The third-order valence-corrected chi connectivity index (χ3v) is 4.46. The number of aryl methyl sites for hydroxylation is 1. The molecule has 1 atom stereocenters. The van der Waals surface area contributed by atoms with E-state index in [4.69, 9.17) is 4.74 Å². The van der Waals surface area contributed by atoms with E-state index in [1.54, 1.807) is 0 Å². The van der Waals surface area contributed by atoms with Crippen molar-refractivity contribution in [3.8, 4) is 0 Å². The Kier molecular flexibility index (Phi) is 4.76. The van der Waals surface area contributed by atoms with Crippen LogP contribution in [0.4, 0.5) is 0 Å². The molecule has 0 bridgehead atoms. The Hall–Kier alpha value is -1.13. The first-order valence-corrected chi connectivity index (χ1v) is 8.22. The first-order valence-electron chi connectivity index (χ1n) is 8.22. The molecule has 0 spiro atoms. The minimum atomic E-state index is 0.437. The molecule has 3 rings (SSSR count). The molecule has 4 nitrogen and oxygen atoms in total. The van der Waals surface area contributed by atoms with Crippen molar-refractivity contribution in [2.75, 3.05) is 19.7 Å². The zero-order valence-corrected chi connectivity index (χ0v) is 13.1. The van der Waals surface area contributed by atoms with Crippen LogP contribution in [-0.2, 0) is 17.8 Å². The molecule has 4 heteroatoms. The highest BCUT2D eigenvalue weighted by Crippen LogP contribution is 2.31. The van der Waals surface area contributed by atoms with Crippen LogP contribution in [0.2, 0.25) is 0 Å². The molecule has 0 unspecified atom stereocenters. The van der Waals surface area contributed by atoms with Crippen LogP contribution >= 0.6 is 0 Å². The van der Waals surface area contributed by atoms with Gasteiger partial charge >= 0.3 is 0 Å². The van der Waals surface area contributed by atoms with Crippen LogP contribution in [0, 0.1) is 12.8 Å². The van der Waals surface area contributed by atoms with Crippen LogP contribution in [0.25, 0.3) is 0 Å². The largest absolute Gasteiger partial charge is 0.377 e. The predicted octanol–water partition coefficient (Wildman–Crippen LogP) is 2.77. The maximum Gasteiger partial charge on any atom is 0.0702 e. The Morgan fingerprint density at radius 3 is 2.95 bits per heavy atom. The van der Waals surface area contributed by atoms with Crippen LogP contribution in [0.1, 0.15) is 36.9 Å². The molecule has 116 valence electrons. The van der Waals surface area contributed by atoms with Gasteiger partial charge in [-0.15, -0.1) is 6.58 Å². The van der Waals surface area contributed by atoms with Gasteiger partial charge in [0.2, 0.25) is 0 Å². The SMILES string of the molecule is C=CCn1cc(CN(CC2CC2)C[C@@H]2CCCO2)c(C)n1. The van der Waals surface area contributed by atoms with E-state index >= 15 is 0 Å². The fourth-order valence-corrected chi connectivity index (χ4v) is 3.13. The fourth-order valence-electron chi connectivity index (χ4n) is 3.13. The molecule has 1 saturated carbocycles. The van der Waals surface area contributed by atoms with Gasteiger partial charge in [0.1, 0.15) is 0 Å². The van der Waals surface area contributed by atoms with E-state index in [1.807, 2.05) is 10.8 Å². The summed E-state index contributed by atoms with van der Waals surface area (Å²) < 4.78 is 7.81. The van der Waals surface area contributed by atoms with Gasteiger partial charge in [-0.05, 0) is 38.5 Å². The maximum atomic E-state index is 5.82. The standard InChI is InChI=1S/C17H27N3O/c1-3-8-20-12-16(14(2)18-20)11-19(10-15-6-7-15)13-17-5-4-9-21-17/h3,12,15,17H,1,4-11,13H2,2H3/t17-/m0/s1. The van der Waals surface area contributed by atoms with E-state index in [1.165, 1.54) is 37.8 Å². The highest BCUT2D eigenvalue weighted by atomic mass is 16.5. The molecule has 1 aromatic heterocycles. The Balaban J connectivity index is 1.62. The molecule has 2 aliphatic rings. The van der Waals surface area contributed by atoms with Gasteiger partial charge in [-0.2, -0.15) is 5.10 Å². The van der Waals surface area contributed by atoms with Gasteiger partial charge in [0.25, 0.3) is 0 Å². The second-order valence-corrected chi connectivity index (χ2v) is 6.52. The summed E-state index contributed by atoms with van der Waals surface area (Å²) in [5.74, 6) is 0.912. The molecule has 1 aliphatic carbocycles. The van der Waals surface area contributed by atoms with Crippen LogP contribution < -0.4 is 0 Å². The summed E-state index contributed by atoms with van der Waals surface area (Å²) in [6, 6.07) is 0. The lowest BCUT2D eigenvalue weighted by Crippen LogP contribution is -2.33. The lowest BCUT2D eigenvalue weighted by Gasteiger charge is -2.25. The Morgan fingerprint density at radius 1 is 1.43 bits per heavy atom. The molecule has 0 aromatic carbocycles. The minimum absolute atomic E-state index is 0.437. The summed E-state index contributed by atoms with van der Waals surface area (Å²) in [7, 11) is 0. The van der Waals surface area contributed by atoms with Crippen LogP contribution in [0.15, 0.2) is 18.9 Å². The molecule has 0 amide bonds. The van der Waals surface area contributed by atoms with Gasteiger partial charge in [-0.3, -0.25) is 9.58 Å². The highest BCUT2D eigenvalue weighted by Gasteiger charge is 2.27. The second-order valence-electron chi connectivity index (χ2n) is 6.52. The Morgan fingerprint density at radius 2 is 2.29 bits per heavy atom. The minimum Gasteiger partial charge on any atom is -0.377 e. The van der Waals surface area contributed by atoms with Crippen LogP contribution in [0.5, 0.6) is 0 Å². The van der Waals surface area contributed by atoms with Gasteiger partial charge in [0.05, 0.1) is 18.3 Å². The van der Waals surface area contributed by atoms with Crippen molar-refractivity contribution < 1.29 is 4.74 Å². The lowest BCUT2D eigenvalue weighted by molar-refractivity contribution is 0.0688. The topological polar surface area (TPSA) is 30.3 Å². The number of rotatable bonds is 8. The maximum absolute atomic E-state index is 5.82. The Labute approximate surface area is 127 Å².